The van der Waals surface area contributed by atoms with Gasteiger partial charge in [-0.15, -0.1) is 0 Å². The van der Waals surface area contributed by atoms with E-state index in [2.05, 4.69) is 15.1 Å². The van der Waals surface area contributed by atoms with Gasteiger partial charge in [0, 0.05) is 12.3 Å². The number of nitrogen functional groups attached to an aromatic ring is 1. The maximum atomic E-state index is 5.61. The topological polar surface area (TPSA) is 69.6 Å². The number of rotatable bonds is 1. The van der Waals surface area contributed by atoms with Crippen molar-refractivity contribution in [3.63, 3.8) is 0 Å². The second-order valence-electron chi connectivity index (χ2n) is 3.10. The summed E-state index contributed by atoms with van der Waals surface area (Å²) in [5.74, 6) is 1.80. The fourth-order valence-electron chi connectivity index (χ4n) is 1.23. The summed E-state index contributed by atoms with van der Waals surface area (Å²) >= 11 is 0. The Kier molecular flexibility index (Phi) is 1.92. The lowest BCUT2D eigenvalue weighted by atomic mass is 10.5. The first-order valence-corrected chi connectivity index (χ1v) is 4.29. The minimum atomic E-state index is 0.459. The van der Waals surface area contributed by atoms with E-state index < -0.39 is 0 Å². The van der Waals surface area contributed by atoms with Crippen LogP contribution in [0.2, 0.25) is 0 Å². The Morgan fingerprint density at radius 1 is 1.29 bits per heavy atom. The van der Waals surface area contributed by atoms with E-state index in [9.17, 15) is 0 Å². The van der Waals surface area contributed by atoms with Crippen molar-refractivity contribution in [1.29, 1.82) is 0 Å². The highest BCUT2D eigenvalue weighted by Gasteiger charge is 2.02. The van der Waals surface area contributed by atoms with Crippen molar-refractivity contribution in [2.24, 2.45) is 0 Å². The average Bonchev–Trinajstić information content (AvgIpc) is 2.50. The average molecular weight is 189 g/mol. The zero-order chi connectivity index (χ0) is 10.1. The molecule has 0 atom stereocenters. The Morgan fingerprint density at radius 2 is 2.07 bits per heavy atom. The summed E-state index contributed by atoms with van der Waals surface area (Å²) in [5, 5.41) is 4.23. The molecule has 2 heterocycles. The van der Waals surface area contributed by atoms with Gasteiger partial charge in [-0.1, -0.05) is 0 Å². The molecule has 0 aliphatic carbocycles. The van der Waals surface area contributed by atoms with Gasteiger partial charge >= 0.3 is 0 Å². The smallest absolute Gasteiger partial charge is 0.159 e. The number of hydrogen-bond donors (Lipinski definition) is 1. The van der Waals surface area contributed by atoms with Gasteiger partial charge in [-0.3, -0.25) is 0 Å². The van der Waals surface area contributed by atoms with E-state index >= 15 is 0 Å². The Bertz CT molecular complexity index is 440. The second kappa shape index (κ2) is 3.10. The molecule has 2 aromatic heterocycles. The van der Waals surface area contributed by atoms with Gasteiger partial charge in [0.15, 0.2) is 5.82 Å². The molecule has 0 saturated heterocycles. The van der Waals surface area contributed by atoms with Gasteiger partial charge in [0.2, 0.25) is 0 Å². The number of aryl methyl sites for hydroxylation is 2. The lowest BCUT2D eigenvalue weighted by Crippen LogP contribution is -2.03. The van der Waals surface area contributed by atoms with Gasteiger partial charge in [-0.2, -0.15) is 5.10 Å². The van der Waals surface area contributed by atoms with Crippen molar-refractivity contribution in [2.75, 3.05) is 5.73 Å². The van der Waals surface area contributed by atoms with Gasteiger partial charge in [-0.25, -0.2) is 14.6 Å². The van der Waals surface area contributed by atoms with E-state index in [0.717, 1.165) is 5.69 Å². The Morgan fingerprint density at radius 3 is 2.64 bits per heavy atom. The van der Waals surface area contributed by atoms with Crippen LogP contribution in [0.25, 0.3) is 5.82 Å². The van der Waals surface area contributed by atoms with Crippen LogP contribution in [0.4, 0.5) is 5.82 Å². The third kappa shape index (κ3) is 1.56. The van der Waals surface area contributed by atoms with Crippen LogP contribution < -0.4 is 5.73 Å². The minimum absolute atomic E-state index is 0.459. The first-order valence-electron chi connectivity index (χ1n) is 4.29. The standard InChI is InChI=1S/C9H11N5/c1-6-3-4-14(13-6)9-5-8(10)11-7(2)12-9/h3-5H,1-2H3,(H2,10,11,12). The molecule has 0 aliphatic heterocycles. The van der Waals surface area contributed by atoms with E-state index in [1.54, 1.807) is 17.7 Å². The van der Waals surface area contributed by atoms with Crippen LogP contribution in [0.3, 0.4) is 0 Å². The van der Waals surface area contributed by atoms with E-state index in [0.29, 0.717) is 17.5 Å². The Hall–Kier alpha value is -1.91. The molecule has 0 unspecified atom stereocenters. The van der Waals surface area contributed by atoms with Gasteiger partial charge in [0.25, 0.3) is 0 Å². The maximum absolute atomic E-state index is 5.61. The summed E-state index contributed by atoms with van der Waals surface area (Å²) in [6.07, 6.45) is 1.84. The number of nitrogens with zero attached hydrogens (tertiary/aromatic N) is 4. The maximum Gasteiger partial charge on any atom is 0.159 e. The predicted molar refractivity (Wildman–Crippen MR) is 53.0 cm³/mol. The fraction of sp³-hybridized carbons (Fsp3) is 0.222. The Balaban J connectivity index is 2.51. The number of hydrogen-bond acceptors (Lipinski definition) is 4. The molecular weight excluding hydrogens is 178 g/mol. The fourth-order valence-corrected chi connectivity index (χ4v) is 1.23. The molecule has 72 valence electrons. The van der Waals surface area contributed by atoms with E-state index in [1.807, 2.05) is 19.2 Å². The molecule has 0 fully saturated rings. The molecule has 2 rings (SSSR count). The third-order valence-corrected chi connectivity index (χ3v) is 1.80. The molecule has 5 nitrogen and oxygen atoms in total. The molecular formula is C9H11N5. The number of nitrogens with two attached hydrogens (primary N) is 1. The van der Waals surface area contributed by atoms with Crippen LogP contribution in [0.5, 0.6) is 0 Å². The first-order chi connectivity index (χ1) is 6.65. The largest absolute Gasteiger partial charge is 0.384 e. The van der Waals surface area contributed by atoms with Crippen molar-refractivity contribution >= 4 is 5.82 Å². The molecule has 0 spiro atoms. The molecule has 5 heteroatoms. The molecule has 0 aromatic carbocycles. The van der Waals surface area contributed by atoms with Crippen LogP contribution in [-0.2, 0) is 0 Å². The highest BCUT2D eigenvalue weighted by atomic mass is 15.3. The summed E-state index contributed by atoms with van der Waals surface area (Å²) < 4.78 is 1.68. The number of aromatic nitrogens is 4. The third-order valence-electron chi connectivity index (χ3n) is 1.80. The van der Waals surface area contributed by atoms with Crippen molar-refractivity contribution < 1.29 is 0 Å². The zero-order valence-electron chi connectivity index (χ0n) is 8.10. The molecule has 2 aromatic rings. The lowest BCUT2D eigenvalue weighted by Gasteiger charge is -2.02. The summed E-state index contributed by atoms with van der Waals surface area (Å²) in [6.45, 7) is 3.73. The predicted octanol–water partition coefficient (Wildman–Crippen LogP) is 0.861. The molecule has 0 radical (unpaired) electrons. The lowest BCUT2D eigenvalue weighted by molar-refractivity contribution is 0.818. The van der Waals surface area contributed by atoms with Crippen molar-refractivity contribution in [3.8, 4) is 5.82 Å². The summed E-state index contributed by atoms with van der Waals surface area (Å²) in [5.41, 5.74) is 6.56. The highest BCUT2D eigenvalue weighted by molar-refractivity contribution is 5.36. The van der Waals surface area contributed by atoms with Crippen molar-refractivity contribution in [2.45, 2.75) is 13.8 Å². The van der Waals surface area contributed by atoms with Crippen molar-refractivity contribution in [3.05, 3.63) is 29.8 Å². The molecule has 0 amide bonds. The first kappa shape index (κ1) is 8.68. The number of anilines is 1. The quantitative estimate of drug-likeness (QED) is 0.722. The summed E-state index contributed by atoms with van der Waals surface area (Å²) in [6, 6.07) is 3.60. The molecule has 0 saturated carbocycles. The van der Waals surface area contributed by atoms with E-state index in [-0.39, 0.29) is 0 Å². The van der Waals surface area contributed by atoms with Crippen LogP contribution in [-0.4, -0.2) is 19.7 Å². The van der Waals surface area contributed by atoms with E-state index in [4.69, 9.17) is 5.73 Å². The van der Waals surface area contributed by atoms with Gasteiger partial charge in [-0.05, 0) is 19.9 Å². The Labute approximate surface area is 81.6 Å². The van der Waals surface area contributed by atoms with Gasteiger partial charge in [0.05, 0.1) is 5.69 Å². The minimum Gasteiger partial charge on any atom is -0.384 e. The highest BCUT2D eigenvalue weighted by Crippen LogP contribution is 2.07. The SMILES string of the molecule is Cc1ccn(-c2cc(N)nc(C)n2)n1. The van der Waals surface area contributed by atoms with Crippen molar-refractivity contribution in [1.82, 2.24) is 19.7 Å². The van der Waals surface area contributed by atoms with Gasteiger partial charge in [0.1, 0.15) is 11.6 Å². The van der Waals surface area contributed by atoms with Crippen LogP contribution >= 0.6 is 0 Å². The molecule has 2 N–H and O–H groups in total. The van der Waals surface area contributed by atoms with Gasteiger partial charge < -0.3 is 5.73 Å². The van der Waals surface area contributed by atoms with Crippen LogP contribution in [0.15, 0.2) is 18.3 Å². The summed E-state index contributed by atoms with van der Waals surface area (Å²) in [4.78, 5) is 8.22. The summed E-state index contributed by atoms with van der Waals surface area (Å²) in [7, 11) is 0. The molecule has 0 aliphatic rings. The zero-order valence-corrected chi connectivity index (χ0v) is 8.10. The molecule has 14 heavy (non-hydrogen) atoms. The van der Waals surface area contributed by atoms with Crippen LogP contribution in [0, 0.1) is 13.8 Å². The van der Waals surface area contributed by atoms with Crippen LogP contribution in [0.1, 0.15) is 11.5 Å². The second-order valence-corrected chi connectivity index (χ2v) is 3.10. The molecule has 0 bridgehead atoms. The van der Waals surface area contributed by atoms with E-state index in [1.165, 1.54) is 0 Å². The normalized spacial score (nSPS) is 10.4. The monoisotopic (exact) mass is 189 g/mol.